The molecule has 0 aliphatic carbocycles. The number of benzene rings is 1. The van der Waals surface area contributed by atoms with Crippen LogP contribution < -0.4 is 0 Å². The quantitative estimate of drug-likeness (QED) is 0.593. The van der Waals surface area contributed by atoms with E-state index in [9.17, 15) is 18.0 Å². The van der Waals surface area contributed by atoms with Crippen molar-refractivity contribution in [2.75, 3.05) is 13.7 Å². The van der Waals surface area contributed by atoms with Crippen LogP contribution in [0, 0.1) is 0 Å². The number of amides is 1. The number of hydrogen-bond acceptors (Lipinski definition) is 6. The molecule has 126 valence electrons. The topological polar surface area (TPSA) is 110 Å². The summed E-state index contributed by atoms with van der Waals surface area (Å²) in [4.78, 5) is 23.5. The lowest BCUT2D eigenvalue weighted by Gasteiger charge is -2.18. The van der Waals surface area contributed by atoms with Crippen LogP contribution in [0.15, 0.2) is 33.6 Å². The van der Waals surface area contributed by atoms with Gasteiger partial charge in [0.25, 0.3) is 10.1 Å². The van der Waals surface area contributed by atoms with Gasteiger partial charge in [-0.05, 0) is 24.3 Å². The van der Waals surface area contributed by atoms with Gasteiger partial charge in [-0.1, -0.05) is 15.9 Å². The molecular formula is C13H14BrNO7S. The lowest BCUT2D eigenvalue weighted by molar-refractivity contribution is -0.145. The number of carbonyl (C=O) groups excluding carboxylic acids is 1. The number of halogens is 1. The Morgan fingerprint density at radius 1 is 1.30 bits per heavy atom. The molecule has 10 heteroatoms. The highest BCUT2D eigenvalue weighted by Crippen LogP contribution is 2.25. The molecule has 2 rings (SSSR count). The smallest absolute Gasteiger partial charge is 0.408 e. The fraction of sp³-hybridized carbons (Fsp3) is 0.385. The molecule has 1 amide bonds. The first-order valence-corrected chi connectivity index (χ1v) is 8.71. The number of nitrogens with zero attached hydrogens (tertiary/aromatic N) is 1. The molecule has 0 aromatic heterocycles. The van der Waals surface area contributed by atoms with Gasteiger partial charge in [0, 0.05) is 10.9 Å². The van der Waals surface area contributed by atoms with Crippen LogP contribution in [0.2, 0.25) is 0 Å². The molecule has 0 bridgehead atoms. The standard InChI is InChI=1S/C13H14BrNO7S/c1-21-12(16)11-6-9(7-15(11)13(17)18)22-23(19,20)10-4-2-8(14)3-5-10/h2-5,9,11H,6-7H2,1H3,(H,17,18). The number of likely N-dealkylation sites (tertiary alicyclic amines) is 1. The Bertz CT molecular complexity index is 704. The second-order valence-electron chi connectivity index (χ2n) is 4.84. The fourth-order valence-electron chi connectivity index (χ4n) is 2.27. The second-order valence-corrected chi connectivity index (χ2v) is 7.32. The van der Waals surface area contributed by atoms with Crippen molar-refractivity contribution in [3.63, 3.8) is 0 Å². The summed E-state index contributed by atoms with van der Waals surface area (Å²) in [6, 6.07) is 4.74. The lowest BCUT2D eigenvalue weighted by atomic mass is 10.2. The van der Waals surface area contributed by atoms with Crippen LogP contribution in [0.3, 0.4) is 0 Å². The van der Waals surface area contributed by atoms with E-state index in [0.29, 0.717) is 4.47 Å². The summed E-state index contributed by atoms with van der Waals surface area (Å²) in [5.41, 5.74) is 0. The van der Waals surface area contributed by atoms with Gasteiger partial charge in [0.05, 0.1) is 24.7 Å². The average molecular weight is 408 g/mol. The Hall–Kier alpha value is -1.65. The molecule has 1 fully saturated rings. The fourth-order valence-corrected chi connectivity index (χ4v) is 3.62. The van der Waals surface area contributed by atoms with Gasteiger partial charge < -0.3 is 9.84 Å². The van der Waals surface area contributed by atoms with Crippen molar-refractivity contribution in [2.45, 2.75) is 23.5 Å². The maximum Gasteiger partial charge on any atom is 0.408 e. The molecule has 1 aromatic carbocycles. The summed E-state index contributed by atoms with van der Waals surface area (Å²) in [6.07, 6.45) is -2.38. The normalized spacial score (nSPS) is 21.2. The third kappa shape index (κ3) is 4.01. The van der Waals surface area contributed by atoms with E-state index in [1.807, 2.05) is 0 Å². The van der Waals surface area contributed by atoms with E-state index in [1.165, 1.54) is 12.1 Å². The van der Waals surface area contributed by atoms with Gasteiger partial charge in [0.15, 0.2) is 0 Å². The van der Waals surface area contributed by atoms with E-state index in [4.69, 9.17) is 9.29 Å². The molecule has 23 heavy (non-hydrogen) atoms. The molecule has 2 atom stereocenters. The Morgan fingerprint density at radius 2 is 1.91 bits per heavy atom. The van der Waals surface area contributed by atoms with Crippen molar-refractivity contribution in [3.8, 4) is 0 Å². The molecule has 1 aliphatic heterocycles. The molecule has 0 radical (unpaired) electrons. The van der Waals surface area contributed by atoms with E-state index >= 15 is 0 Å². The number of esters is 1. The van der Waals surface area contributed by atoms with Crippen molar-refractivity contribution in [2.24, 2.45) is 0 Å². The first-order valence-electron chi connectivity index (χ1n) is 6.51. The number of rotatable bonds is 4. The first-order chi connectivity index (χ1) is 10.7. The van der Waals surface area contributed by atoms with Crippen LogP contribution in [0.4, 0.5) is 4.79 Å². The third-order valence-corrected chi connectivity index (χ3v) is 5.25. The van der Waals surface area contributed by atoms with Gasteiger partial charge in [-0.25, -0.2) is 9.59 Å². The van der Waals surface area contributed by atoms with Gasteiger partial charge in [-0.3, -0.25) is 9.08 Å². The summed E-state index contributed by atoms with van der Waals surface area (Å²) in [6.45, 7) is -0.231. The largest absolute Gasteiger partial charge is 0.467 e. The summed E-state index contributed by atoms with van der Waals surface area (Å²) in [7, 11) is -2.92. The Morgan fingerprint density at radius 3 is 2.43 bits per heavy atom. The van der Waals surface area contributed by atoms with Gasteiger partial charge >= 0.3 is 12.1 Å². The zero-order valence-corrected chi connectivity index (χ0v) is 14.4. The minimum absolute atomic E-state index is 0.0518. The number of carboxylic acid groups (broad SMARTS) is 1. The predicted octanol–water partition coefficient (Wildman–Crippen LogP) is 1.45. The molecule has 0 spiro atoms. The van der Waals surface area contributed by atoms with E-state index in [-0.39, 0.29) is 17.9 Å². The Labute approximate surface area is 141 Å². The minimum Gasteiger partial charge on any atom is -0.467 e. The van der Waals surface area contributed by atoms with Crippen LogP contribution in [0.1, 0.15) is 6.42 Å². The lowest BCUT2D eigenvalue weighted by Crippen LogP contribution is -2.40. The highest BCUT2D eigenvalue weighted by atomic mass is 79.9. The van der Waals surface area contributed by atoms with Gasteiger partial charge in [-0.15, -0.1) is 0 Å². The molecule has 1 saturated heterocycles. The SMILES string of the molecule is COC(=O)C1CC(OS(=O)(=O)c2ccc(Br)cc2)CN1C(=O)O. The summed E-state index contributed by atoms with van der Waals surface area (Å²) in [5, 5.41) is 9.10. The van der Waals surface area contributed by atoms with Crippen molar-refractivity contribution in [1.82, 2.24) is 4.90 Å². The van der Waals surface area contributed by atoms with Gasteiger partial charge in [0.2, 0.25) is 0 Å². The van der Waals surface area contributed by atoms with Crippen LogP contribution in [0.25, 0.3) is 0 Å². The van der Waals surface area contributed by atoms with E-state index < -0.39 is 34.3 Å². The minimum atomic E-state index is -4.06. The van der Waals surface area contributed by atoms with Crippen LogP contribution in [-0.4, -0.2) is 56.3 Å². The van der Waals surface area contributed by atoms with Gasteiger partial charge in [-0.2, -0.15) is 8.42 Å². The number of hydrogen-bond donors (Lipinski definition) is 1. The maximum absolute atomic E-state index is 12.2. The van der Waals surface area contributed by atoms with Crippen molar-refractivity contribution in [1.29, 1.82) is 0 Å². The second kappa shape index (κ2) is 6.85. The molecule has 1 heterocycles. The molecule has 8 nitrogen and oxygen atoms in total. The van der Waals surface area contributed by atoms with E-state index in [2.05, 4.69) is 20.7 Å². The van der Waals surface area contributed by atoms with E-state index in [0.717, 1.165) is 12.0 Å². The Balaban J connectivity index is 2.15. The van der Waals surface area contributed by atoms with Crippen molar-refractivity contribution < 1.29 is 32.0 Å². The molecule has 2 unspecified atom stereocenters. The molecular weight excluding hydrogens is 394 g/mol. The van der Waals surface area contributed by atoms with Gasteiger partial charge in [0.1, 0.15) is 6.04 Å². The maximum atomic E-state index is 12.2. The molecule has 1 aliphatic rings. The number of methoxy groups -OCH3 is 1. The van der Waals surface area contributed by atoms with Crippen LogP contribution >= 0.6 is 15.9 Å². The van der Waals surface area contributed by atoms with Crippen LogP contribution in [0.5, 0.6) is 0 Å². The van der Waals surface area contributed by atoms with E-state index in [1.54, 1.807) is 12.1 Å². The molecule has 0 saturated carbocycles. The first kappa shape index (κ1) is 17.7. The summed E-state index contributed by atoms with van der Waals surface area (Å²) >= 11 is 3.20. The summed E-state index contributed by atoms with van der Waals surface area (Å²) in [5.74, 6) is -0.750. The monoisotopic (exact) mass is 407 g/mol. The van der Waals surface area contributed by atoms with Crippen molar-refractivity contribution >= 4 is 38.1 Å². The number of ether oxygens (including phenoxy) is 1. The predicted molar refractivity (Wildman–Crippen MR) is 81.4 cm³/mol. The number of carbonyl (C=O) groups is 2. The Kier molecular flexibility index (Phi) is 5.27. The van der Waals surface area contributed by atoms with Crippen LogP contribution in [-0.2, 0) is 23.8 Å². The zero-order valence-electron chi connectivity index (χ0n) is 12.0. The highest BCUT2D eigenvalue weighted by Gasteiger charge is 2.42. The third-order valence-electron chi connectivity index (χ3n) is 3.35. The highest BCUT2D eigenvalue weighted by molar-refractivity contribution is 9.10. The zero-order chi connectivity index (χ0) is 17.2. The summed E-state index contributed by atoms with van der Waals surface area (Å²) < 4.78 is 34.7. The van der Waals surface area contributed by atoms with Crippen molar-refractivity contribution in [3.05, 3.63) is 28.7 Å². The average Bonchev–Trinajstić information content (AvgIpc) is 2.90. The molecule has 1 N–H and O–H groups in total. The molecule has 1 aromatic rings.